The molecule has 1 heterocycles. The number of aromatic carboxylic acids is 1. The van der Waals surface area contributed by atoms with Gasteiger partial charge in [-0.1, -0.05) is 30.3 Å². The first kappa shape index (κ1) is 11.1. The molecule has 0 saturated carbocycles. The maximum absolute atomic E-state index is 11.6. The van der Waals surface area contributed by atoms with Crippen molar-refractivity contribution in [3.63, 3.8) is 0 Å². The van der Waals surface area contributed by atoms with Gasteiger partial charge in [0, 0.05) is 5.56 Å². The number of hydrogen-bond donors (Lipinski definition) is 1. The lowest BCUT2D eigenvalue weighted by atomic mass is 10.0. The maximum atomic E-state index is 11.6. The molecule has 0 aliphatic heterocycles. The topological polar surface area (TPSA) is 64.2 Å². The Morgan fingerprint density at radius 2 is 1.94 bits per heavy atom. The number of aryl methyl sites for hydroxylation is 1. The standard InChI is InChI=1S/C13H11NO3/c1-9-7-11(10-5-3-2-4-6-10)12(13(15)16)14(17)8-9/h2-8H,1H3,(H,15,16). The summed E-state index contributed by atoms with van der Waals surface area (Å²) < 4.78 is 0.403. The van der Waals surface area contributed by atoms with Crippen LogP contribution in [0, 0.1) is 12.1 Å². The molecule has 0 unspecified atom stereocenters. The molecule has 0 aliphatic rings. The van der Waals surface area contributed by atoms with E-state index in [1.165, 1.54) is 6.20 Å². The highest BCUT2D eigenvalue weighted by molar-refractivity contribution is 5.92. The van der Waals surface area contributed by atoms with Crippen LogP contribution in [0.25, 0.3) is 11.1 Å². The zero-order valence-electron chi connectivity index (χ0n) is 9.25. The average molecular weight is 229 g/mol. The molecule has 1 aromatic carbocycles. The van der Waals surface area contributed by atoms with Gasteiger partial charge < -0.3 is 10.3 Å². The molecule has 0 saturated heterocycles. The fourth-order valence-electron chi connectivity index (χ4n) is 1.75. The first-order valence-corrected chi connectivity index (χ1v) is 5.12. The molecule has 0 bridgehead atoms. The highest BCUT2D eigenvalue weighted by atomic mass is 16.5. The zero-order chi connectivity index (χ0) is 12.4. The van der Waals surface area contributed by atoms with Crippen molar-refractivity contribution in [3.05, 3.63) is 59.1 Å². The van der Waals surface area contributed by atoms with Crippen LogP contribution in [-0.2, 0) is 0 Å². The fourth-order valence-corrected chi connectivity index (χ4v) is 1.75. The Hall–Kier alpha value is -2.36. The average Bonchev–Trinajstić information content (AvgIpc) is 2.28. The number of aromatic nitrogens is 1. The van der Waals surface area contributed by atoms with E-state index in [0.717, 1.165) is 11.1 Å². The van der Waals surface area contributed by atoms with Crippen molar-refractivity contribution in [2.75, 3.05) is 0 Å². The van der Waals surface area contributed by atoms with Crippen molar-refractivity contribution in [1.29, 1.82) is 0 Å². The smallest absolute Gasteiger partial charge is 0.403 e. The third-order valence-corrected chi connectivity index (χ3v) is 2.46. The van der Waals surface area contributed by atoms with E-state index in [9.17, 15) is 10.0 Å². The van der Waals surface area contributed by atoms with Gasteiger partial charge in [-0.25, -0.2) is 4.79 Å². The highest BCUT2D eigenvalue weighted by Crippen LogP contribution is 2.22. The Morgan fingerprint density at radius 1 is 1.29 bits per heavy atom. The monoisotopic (exact) mass is 229 g/mol. The molecule has 4 heteroatoms. The second-order valence-corrected chi connectivity index (χ2v) is 3.78. The summed E-state index contributed by atoms with van der Waals surface area (Å²) in [6.45, 7) is 1.76. The first-order valence-electron chi connectivity index (χ1n) is 5.12. The number of carboxylic acids is 1. The molecule has 0 fully saturated rings. The van der Waals surface area contributed by atoms with Crippen molar-refractivity contribution < 1.29 is 14.6 Å². The van der Waals surface area contributed by atoms with Crippen LogP contribution in [0.1, 0.15) is 16.1 Å². The Balaban J connectivity index is 2.72. The number of nitrogens with zero attached hydrogens (tertiary/aromatic N) is 1. The van der Waals surface area contributed by atoms with Crippen LogP contribution in [0.2, 0.25) is 0 Å². The summed E-state index contributed by atoms with van der Waals surface area (Å²) in [4.78, 5) is 11.1. The van der Waals surface area contributed by atoms with Crippen LogP contribution in [0.4, 0.5) is 0 Å². The van der Waals surface area contributed by atoms with E-state index in [2.05, 4.69) is 0 Å². The van der Waals surface area contributed by atoms with Gasteiger partial charge in [-0.15, -0.1) is 0 Å². The number of rotatable bonds is 2. The summed E-state index contributed by atoms with van der Waals surface area (Å²) in [5.74, 6) is -1.22. The van der Waals surface area contributed by atoms with Crippen LogP contribution in [0.3, 0.4) is 0 Å². The van der Waals surface area contributed by atoms with Gasteiger partial charge in [0.05, 0.1) is 5.56 Å². The van der Waals surface area contributed by atoms with E-state index >= 15 is 0 Å². The molecule has 2 rings (SSSR count). The van der Waals surface area contributed by atoms with Gasteiger partial charge in [0.1, 0.15) is 0 Å². The minimum atomic E-state index is -1.22. The fraction of sp³-hybridized carbons (Fsp3) is 0.0769. The summed E-state index contributed by atoms with van der Waals surface area (Å²) in [5, 5.41) is 20.7. The van der Waals surface area contributed by atoms with Crippen molar-refractivity contribution >= 4 is 5.97 Å². The second kappa shape index (κ2) is 4.25. The van der Waals surface area contributed by atoms with E-state index in [1.807, 2.05) is 6.07 Å². The quantitative estimate of drug-likeness (QED) is 0.632. The molecule has 0 aliphatic carbocycles. The number of pyridine rings is 1. The van der Waals surface area contributed by atoms with Crippen LogP contribution in [0.5, 0.6) is 0 Å². The van der Waals surface area contributed by atoms with Crippen LogP contribution >= 0.6 is 0 Å². The highest BCUT2D eigenvalue weighted by Gasteiger charge is 2.22. The normalized spacial score (nSPS) is 10.2. The maximum Gasteiger partial charge on any atom is 0.403 e. The minimum Gasteiger partial charge on any atom is -0.618 e. The Kier molecular flexibility index (Phi) is 2.78. The van der Waals surface area contributed by atoms with Gasteiger partial charge in [-0.2, -0.15) is 4.73 Å². The van der Waals surface area contributed by atoms with Crippen LogP contribution < -0.4 is 4.73 Å². The first-order chi connectivity index (χ1) is 8.09. The number of carbonyl (C=O) groups is 1. The molecule has 1 aromatic heterocycles. The van der Waals surface area contributed by atoms with E-state index in [0.29, 0.717) is 10.3 Å². The molecule has 17 heavy (non-hydrogen) atoms. The van der Waals surface area contributed by atoms with Gasteiger partial charge >= 0.3 is 11.7 Å². The zero-order valence-corrected chi connectivity index (χ0v) is 9.25. The SMILES string of the molecule is Cc1cc(-c2ccccc2)c(C(=O)O)[n+]([O-])c1. The minimum absolute atomic E-state index is 0.248. The predicted molar refractivity (Wildman–Crippen MR) is 62.5 cm³/mol. The van der Waals surface area contributed by atoms with E-state index < -0.39 is 5.97 Å². The van der Waals surface area contributed by atoms with Gasteiger partial charge in [0.2, 0.25) is 0 Å². The summed E-state index contributed by atoms with van der Waals surface area (Å²) in [7, 11) is 0. The number of hydrogen-bond acceptors (Lipinski definition) is 2. The Bertz CT molecular complexity index is 564. The summed E-state index contributed by atoms with van der Waals surface area (Å²) in [6, 6.07) is 10.7. The lowest BCUT2D eigenvalue weighted by Gasteiger charge is -2.08. The van der Waals surface area contributed by atoms with Crippen molar-refractivity contribution in [2.45, 2.75) is 6.92 Å². The van der Waals surface area contributed by atoms with Gasteiger partial charge in [0.15, 0.2) is 6.20 Å². The van der Waals surface area contributed by atoms with Gasteiger partial charge in [-0.3, -0.25) is 0 Å². The largest absolute Gasteiger partial charge is 0.618 e. The van der Waals surface area contributed by atoms with Crippen LogP contribution in [0.15, 0.2) is 42.6 Å². The van der Waals surface area contributed by atoms with E-state index in [-0.39, 0.29) is 5.69 Å². The molecule has 86 valence electrons. The number of benzene rings is 1. The van der Waals surface area contributed by atoms with E-state index in [4.69, 9.17) is 5.11 Å². The predicted octanol–water partition coefficient (Wildman–Crippen LogP) is 1.99. The van der Waals surface area contributed by atoms with Crippen molar-refractivity contribution in [1.82, 2.24) is 0 Å². The lowest BCUT2D eigenvalue weighted by Crippen LogP contribution is -2.35. The molecule has 0 spiro atoms. The summed E-state index contributed by atoms with van der Waals surface area (Å²) in [6.07, 6.45) is 1.26. The third-order valence-electron chi connectivity index (χ3n) is 2.46. The summed E-state index contributed by atoms with van der Waals surface area (Å²) in [5.41, 5.74) is 1.64. The second-order valence-electron chi connectivity index (χ2n) is 3.78. The Labute approximate surface area is 98.4 Å². The molecule has 1 N–H and O–H groups in total. The van der Waals surface area contributed by atoms with Gasteiger partial charge in [0.25, 0.3) is 0 Å². The molecular formula is C13H11NO3. The molecule has 0 radical (unpaired) electrons. The lowest BCUT2D eigenvalue weighted by molar-refractivity contribution is -0.608. The summed E-state index contributed by atoms with van der Waals surface area (Å²) >= 11 is 0. The number of carboxylic acid groups (broad SMARTS) is 1. The van der Waals surface area contributed by atoms with Crippen molar-refractivity contribution in [2.24, 2.45) is 0 Å². The Morgan fingerprint density at radius 3 is 2.53 bits per heavy atom. The molecular weight excluding hydrogens is 218 g/mol. The molecule has 0 amide bonds. The third kappa shape index (κ3) is 2.10. The van der Waals surface area contributed by atoms with Crippen LogP contribution in [-0.4, -0.2) is 11.1 Å². The molecule has 2 aromatic rings. The van der Waals surface area contributed by atoms with Crippen molar-refractivity contribution in [3.8, 4) is 11.1 Å². The van der Waals surface area contributed by atoms with E-state index in [1.54, 1.807) is 37.3 Å². The molecule has 0 atom stereocenters. The molecule has 4 nitrogen and oxygen atoms in total. The van der Waals surface area contributed by atoms with Gasteiger partial charge in [-0.05, 0) is 18.6 Å².